The third kappa shape index (κ3) is 2.64. The highest BCUT2D eigenvalue weighted by molar-refractivity contribution is 9.10. The summed E-state index contributed by atoms with van der Waals surface area (Å²) in [6, 6.07) is 6.14. The van der Waals surface area contributed by atoms with Gasteiger partial charge in [0.2, 0.25) is 0 Å². The van der Waals surface area contributed by atoms with Gasteiger partial charge in [-0.25, -0.2) is 4.98 Å². The monoisotopic (exact) mass is 362 g/mol. The van der Waals surface area contributed by atoms with E-state index >= 15 is 0 Å². The molecule has 0 radical (unpaired) electrons. The van der Waals surface area contributed by atoms with E-state index in [9.17, 15) is 0 Å². The Labute approximate surface area is 140 Å². The van der Waals surface area contributed by atoms with Crippen molar-refractivity contribution >= 4 is 28.5 Å². The van der Waals surface area contributed by atoms with Crippen LogP contribution in [-0.4, -0.2) is 27.9 Å². The SMILES string of the molecule is Cc1cn(-c2ccc(B3OC(C)(C)C(C)(C)O3)c(Br)c2)cn1. The molecule has 0 unspecified atom stereocenters. The Morgan fingerprint density at radius 1 is 1.14 bits per heavy atom. The van der Waals surface area contributed by atoms with Crippen molar-refractivity contribution in [3.8, 4) is 5.69 Å². The normalized spacial score (nSPS) is 19.6. The summed E-state index contributed by atoms with van der Waals surface area (Å²) in [6.07, 6.45) is 3.81. The lowest BCUT2D eigenvalue weighted by Crippen LogP contribution is -2.41. The summed E-state index contributed by atoms with van der Waals surface area (Å²) in [5.74, 6) is 0. The molecule has 6 heteroatoms. The van der Waals surface area contributed by atoms with Crippen LogP contribution in [0, 0.1) is 6.92 Å². The van der Waals surface area contributed by atoms with E-state index in [0.717, 1.165) is 21.3 Å². The van der Waals surface area contributed by atoms with E-state index in [1.165, 1.54) is 0 Å². The van der Waals surface area contributed by atoms with E-state index in [4.69, 9.17) is 9.31 Å². The molecule has 0 N–H and O–H groups in total. The molecule has 1 fully saturated rings. The molecule has 116 valence electrons. The van der Waals surface area contributed by atoms with Crippen molar-refractivity contribution in [1.82, 2.24) is 9.55 Å². The second-order valence-corrected chi connectivity index (χ2v) is 7.57. The van der Waals surface area contributed by atoms with E-state index < -0.39 is 0 Å². The first-order valence-electron chi connectivity index (χ1n) is 7.36. The number of halogens is 1. The van der Waals surface area contributed by atoms with Gasteiger partial charge in [0.25, 0.3) is 0 Å². The Morgan fingerprint density at radius 2 is 1.77 bits per heavy atom. The number of hydrogen-bond acceptors (Lipinski definition) is 3. The van der Waals surface area contributed by atoms with Crippen LogP contribution in [0.25, 0.3) is 5.69 Å². The van der Waals surface area contributed by atoms with Crippen LogP contribution in [-0.2, 0) is 9.31 Å². The Morgan fingerprint density at radius 3 is 2.27 bits per heavy atom. The Bertz CT molecular complexity index is 696. The van der Waals surface area contributed by atoms with Crippen LogP contribution in [0.2, 0.25) is 0 Å². The molecular weight excluding hydrogens is 343 g/mol. The topological polar surface area (TPSA) is 36.3 Å². The lowest BCUT2D eigenvalue weighted by atomic mass is 9.79. The van der Waals surface area contributed by atoms with E-state index in [-0.39, 0.29) is 18.3 Å². The molecule has 0 atom stereocenters. The van der Waals surface area contributed by atoms with Gasteiger partial charge in [0.15, 0.2) is 0 Å². The Kier molecular flexibility index (Phi) is 3.74. The average Bonchev–Trinajstić information content (AvgIpc) is 2.91. The largest absolute Gasteiger partial charge is 0.495 e. The van der Waals surface area contributed by atoms with Crippen molar-refractivity contribution < 1.29 is 9.31 Å². The maximum Gasteiger partial charge on any atom is 0.495 e. The summed E-state index contributed by atoms with van der Waals surface area (Å²) in [7, 11) is -0.363. The maximum absolute atomic E-state index is 6.11. The minimum absolute atomic E-state index is 0.336. The molecule has 22 heavy (non-hydrogen) atoms. The number of hydrogen-bond donors (Lipinski definition) is 0. The van der Waals surface area contributed by atoms with Gasteiger partial charge in [0.1, 0.15) is 0 Å². The zero-order chi connectivity index (χ0) is 16.1. The zero-order valence-electron chi connectivity index (χ0n) is 13.6. The lowest BCUT2D eigenvalue weighted by Gasteiger charge is -2.32. The van der Waals surface area contributed by atoms with Crippen LogP contribution in [0.15, 0.2) is 35.2 Å². The molecule has 3 rings (SSSR count). The first-order chi connectivity index (χ1) is 10.2. The highest BCUT2D eigenvalue weighted by Crippen LogP contribution is 2.37. The first-order valence-corrected chi connectivity index (χ1v) is 8.15. The summed E-state index contributed by atoms with van der Waals surface area (Å²) >= 11 is 3.64. The molecule has 4 nitrogen and oxygen atoms in total. The van der Waals surface area contributed by atoms with E-state index in [1.54, 1.807) is 0 Å². The fourth-order valence-corrected chi connectivity index (χ4v) is 2.95. The predicted octanol–water partition coefficient (Wildman–Crippen LogP) is 3.24. The zero-order valence-corrected chi connectivity index (χ0v) is 15.1. The molecular formula is C16H20BBrN2O2. The van der Waals surface area contributed by atoms with Crippen LogP contribution in [0.3, 0.4) is 0 Å². The van der Waals surface area contributed by atoms with Crippen LogP contribution < -0.4 is 5.46 Å². The molecule has 1 aliphatic heterocycles. The number of rotatable bonds is 2. The average molecular weight is 363 g/mol. The quantitative estimate of drug-likeness (QED) is 0.769. The smallest absolute Gasteiger partial charge is 0.399 e. The molecule has 1 aromatic carbocycles. The van der Waals surface area contributed by atoms with Crippen molar-refractivity contribution in [2.45, 2.75) is 45.8 Å². The second-order valence-electron chi connectivity index (χ2n) is 6.72. The van der Waals surface area contributed by atoms with Crippen LogP contribution >= 0.6 is 15.9 Å². The van der Waals surface area contributed by atoms with Crippen LogP contribution in [0.4, 0.5) is 0 Å². The fourth-order valence-electron chi connectivity index (χ4n) is 2.40. The molecule has 0 spiro atoms. The second kappa shape index (κ2) is 5.22. The number of aryl methyl sites for hydroxylation is 1. The van der Waals surface area contributed by atoms with Crippen molar-refractivity contribution in [2.24, 2.45) is 0 Å². The minimum Gasteiger partial charge on any atom is -0.399 e. The predicted molar refractivity (Wildman–Crippen MR) is 91.7 cm³/mol. The maximum atomic E-state index is 6.11. The van der Waals surface area contributed by atoms with E-state index in [1.807, 2.05) is 36.1 Å². The van der Waals surface area contributed by atoms with Gasteiger partial charge in [0.05, 0.1) is 23.2 Å². The summed E-state index contributed by atoms with van der Waals surface area (Å²) in [5.41, 5.74) is 2.37. The van der Waals surface area contributed by atoms with Gasteiger partial charge in [-0.05, 0) is 52.2 Å². The molecule has 2 heterocycles. The van der Waals surface area contributed by atoms with Crippen LogP contribution in [0.5, 0.6) is 0 Å². The van der Waals surface area contributed by atoms with Gasteiger partial charge in [-0.1, -0.05) is 22.0 Å². The Hall–Kier alpha value is -1.11. The highest BCUT2D eigenvalue weighted by Gasteiger charge is 2.52. The molecule has 0 saturated carbocycles. The van der Waals surface area contributed by atoms with Gasteiger partial charge in [0, 0.05) is 16.4 Å². The van der Waals surface area contributed by atoms with E-state index in [0.29, 0.717) is 0 Å². The van der Waals surface area contributed by atoms with Gasteiger partial charge in [-0.2, -0.15) is 0 Å². The van der Waals surface area contributed by atoms with Crippen LogP contribution in [0.1, 0.15) is 33.4 Å². The number of nitrogens with zero attached hydrogens (tertiary/aromatic N) is 2. The number of benzene rings is 1. The van der Waals surface area contributed by atoms with Gasteiger partial charge in [-0.3, -0.25) is 0 Å². The molecule has 2 aromatic rings. The van der Waals surface area contributed by atoms with Gasteiger partial charge < -0.3 is 13.9 Å². The van der Waals surface area contributed by atoms with Gasteiger partial charge in [-0.15, -0.1) is 0 Å². The molecule has 1 aliphatic rings. The van der Waals surface area contributed by atoms with Crippen molar-refractivity contribution in [2.75, 3.05) is 0 Å². The standard InChI is InChI=1S/C16H20BBrN2O2/c1-11-9-20(10-19-11)12-6-7-13(14(18)8-12)17-21-15(2,3)16(4,5)22-17/h6-10H,1-5H3. The molecule has 0 amide bonds. The summed E-state index contributed by atoms with van der Waals surface area (Å²) in [6.45, 7) is 10.2. The number of imidazole rings is 1. The molecule has 1 saturated heterocycles. The summed E-state index contributed by atoms with van der Waals surface area (Å²) < 4.78 is 15.2. The summed E-state index contributed by atoms with van der Waals surface area (Å²) in [5, 5.41) is 0. The lowest BCUT2D eigenvalue weighted by molar-refractivity contribution is 0.00578. The third-order valence-electron chi connectivity index (χ3n) is 4.50. The fraction of sp³-hybridized carbons (Fsp3) is 0.438. The number of aromatic nitrogens is 2. The first kappa shape index (κ1) is 15.8. The van der Waals surface area contributed by atoms with Crippen molar-refractivity contribution in [3.05, 3.63) is 40.9 Å². The van der Waals surface area contributed by atoms with E-state index in [2.05, 4.69) is 54.7 Å². The molecule has 0 aliphatic carbocycles. The van der Waals surface area contributed by atoms with Crippen molar-refractivity contribution in [3.63, 3.8) is 0 Å². The van der Waals surface area contributed by atoms with Gasteiger partial charge >= 0.3 is 7.12 Å². The summed E-state index contributed by atoms with van der Waals surface area (Å²) in [4.78, 5) is 4.26. The molecule has 0 bridgehead atoms. The highest BCUT2D eigenvalue weighted by atomic mass is 79.9. The third-order valence-corrected chi connectivity index (χ3v) is 5.19. The Balaban J connectivity index is 1.91. The van der Waals surface area contributed by atoms with Crippen molar-refractivity contribution in [1.29, 1.82) is 0 Å². The molecule has 1 aromatic heterocycles. The minimum atomic E-state index is -0.363.